The van der Waals surface area contributed by atoms with Gasteiger partial charge in [-0.1, -0.05) is 12.1 Å². The van der Waals surface area contributed by atoms with Crippen LogP contribution in [-0.4, -0.2) is 41.8 Å². The number of aliphatic hydroxyl groups excluding tert-OH is 1. The van der Waals surface area contributed by atoms with E-state index in [1.54, 1.807) is 12.1 Å². The highest BCUT2D eigenvalue weighted by molar-refractivity contribution is 5.18. The minimum Gasteiger partial charge on any atom is -0.388 e. The summed E-state index contributed by atoms with van der Waals surface area (Å²) in [6.07, 6.45) is 0.369. The number of ether oxygens (including phenoxy) is 1. The number of aliphatic hydroxyl groups is 1. The molecule has 3 atom stereocenters. The molecule has 0 saturated carbocycles. The molecule has 1 N–H and O–H groups in total. The summed E-state index contributed by atoms with van der Waals surface area (Å²) in [5.41, 5.74) is 0.773. The molecule has 3 unspecified atom stereocenters. The van der Waals surface area contributed by atoms with Crippen LogP contribution in [-0.2, 0) is 4.74 Å². The first-order chi connectivity index (χ1) is 9.06. The minimum atomic E-state index is -0.536. The summed E-state index contributed by atoms with van der Waals surface area (Å²) in [6.45, 7) is 6.67. The van der Waals surface area contributed by atoms with Crippen molar-refractivity contribution in [1.82, 2.24) is 4.90 Å². The molecule has 0 aliphatic carbocycles. The fourth-order valence-corrected chi connectivity index (χ4v) is 2.42. The molecule has 0 radical (unpaired) electrons. The lowest BCUT2D eigenvalue weighted by molar-refractivity contribution is -0.0527. The molecule has 1 heterocycles. The van der Waals surface area contributed by atoms with Gasteiger partial charge in [-0.05, 0) is 38.0 Å². The van der Waals surface area contributed by atoms with Crippen molar-refractivity contribution in [3.05, 3.63) is 35.6 Å². The van der Waals surface area contributed by atoms with Gasteiger partial charge in [0, 0.05) is 19.1 Å². The van der Waals surface area contributed by atoms with E-state index in [1.165, 1.54) is 12.1 Å². The summed E-state index contributed by atoms with van der Waals surface area (Å²) < 4.78 is 18.4. The Balaban J connectivity index is 1.85. The van der Waals surface area contributed by atoms with Crippen LogP contribution in [0.1, 0.15) is 31.9 Å². The number of rotatable bonds is 4. The highest BCUT2D eigenvalue weighted by Gasteiger charge is 2.23. The molecule has 0 bridgehead atoms. The van der Waals surface area contributed by atoms with E-state index in [9.17, 15) is 9.50 Å². The van der Waals surface area contributed by atoms with E-state index in [0.29, 0.717) is 12.5 Å². The van der Waals surface area contributed by atoms with Crippen molar-refractivity contribution in [2.75, 3.05) is 19.7 Å². The first kappa shape index (κ1) is 14.4. The fourth-order valence-electron chi connectivity index (χ4n) is 2.42. The molecule has 0 amide bonds. The predicted octanol–water partition coefficient (Wildman–Crippen LogP) is 2.36. The Kier molecular flexibility index (Phi) is 4.91. The molecule has 1 fully saturated rings. The topological polar surface area (TPSA) is 32.7 Å². The van der Waals surface area contributed by atoms with Crippen molar-refractivity contribution in [1.29, 1.82) is 0 Å². The highest BCUT2D eigenvalue weighted by atomic mass is 19.1. The van der Waals surface area contributed by atoms with Gasteiger partial charge in [0.25, 0.3) is 0 Å². The number of nitrogens with zero attached hydrogens (tertiary/aromatic N) is 1. The molecular formula is C15H22FNO2. The van der Waals surface area contributed by atoms with Crippen molar-refractivity contribution < 1.29 is 14.2 Å². The maximum absolute atomic E-state index is 12.8. The van der Waals surface area contributed by atoms with Gasteiger partial charge in [-0.3, -0.25) is 4.90 Å². The number of hydrogen-bond acceptors (Lipinski definition) is 3. The number of morpholine rings is 1. The van der Waals surface area contributed by atoms with Gasteiger partial charge in [-0.2, -0.15) is 0 Å². The van der Waals surface area contributed by atoms with Crippen LogP contribution >= 0.6 is 0 Å². The van der Waals surface area contributed by atoms with Crippen molar-refractivity contribution >= 4 is 0 Å². The molecule has 19 heavy (non-hydrogen) atoms. The van der Waals surface area contributed by atoms with Crippen molar-refractivity contribution in [2.45, 2.75) is 38.5 Å². The Morgan fingerprint density at radius 2 is 2.05 bits per heavy atom. The Morgan fingerprint density at radius 1 is 1.37 bits per heavy atom. The van der Waals surface area contributed by atoms with E-state index in [1.807, 2.05) is 0 Å². The second kappa shape index (κ2) is 6.46. The quantitative estimate of drug-likeness (QED) is 0.909. The van der Waals surface area contributed by atoms with Crippen LogP contribution in [0.2, 0.25) is 0 Å². The van der Waals surface area contributed by atoms with E-state index < -0.39 is 6.10 Å². The van der Waals surface area contributed by atoms with Gasteiger partial charge < -0.3 is 9.84 Å². The lowest BCUT2D eigenvalue weighted by Crippen LogP contribution is -2.47. The van der Waals surface area contributed by atoms with E-state index in [4.69, 9.17) is 4.74 Å². The first-order valence-corrected chi connectivity index (χ1v) is 6.85. The molecule has 106 valence electrons. The normalized spacial score (nSPS) is 26.3. The molecule has 1 aromatic rings. The number of benzene rings is 1. The van der Waals surface area contributed by atoms with Crippen LogP contribution < -0.4 is 0 Å². The van der Waals surface area contributed by atoms with Crippen LogP contribution in [0.15, 0.2) is 24.3 Å². The molecule has 1 aliphatic heterocycles. The molecule has 1 aromatic carbocycles. The summed E-state index contributed by atoms with van der Waals surface area (Å²) >= 11 is 0. The van der Waals surface area contributed by atoms with E-state index in [-0.39, 0.29) is 11.9 Å². The summed E-state index contributed by atoms with van der Waals surface area (Å²) in [5.74, 6) is -0.272. The van der Waals surface area contributed by atoms with Gasteiger partial charge in [-0.25, -0.2) is 4.39 Å². The van der Waals surface area contributed by atoms with E-state index in [2.05, 4.69) is 18.7 Å². The number of halogens is 1. The Hall–Kier alpha value is -0.970. The SMILES string of the molecule is CC1CN(CCC(O)c2ccc(F)cc2)C(C)CO1. The van der Waals surface area contributed by atoms with Crippen LogP contribution in [0.25, 0.3) is 0 Å². The van der Waals surface area contributed by atoms with Crippen molar-refractivity contribution in [2.24, 2.45) is 0 Å². The molecule has 0 aromatic heterocycles. The summed E-state index contributed by atoms with van der Waals surface area (Å²) in [5, 5.41) is 10.1. The second-order valence-corrected chi connectivity index (χ2v) is 5.34. The molecule has 3 nitrogen and oxygen atoms in total. The van der Waals surface area contributed by atoms with E-state index in [0.717, 1.165) is 25.3 Å². The molecule has 4 heteroatoms. The molecular weight excluding hydrogens is 245 g/mol. The van der Waals surface area contributed by atoms with Gasteiger partial charge in [0.05, 0.1) is 18.8 Å². The van der Waals surface area contributed by atoms with Crippen LogP contribution in [0.5, 0.6) is 0 Å². The third-order valence-corrected chi connectivity index (χ3v) is 3.68. The smallest absolute Gasteiger partial charge is 0.123 e. The molecule has 1 aliphatic rings. The average Bonchev–Trinajstić information content (AvgIpc) is 2.40. The fraction of sp³-hybridized carbons (Fsp3) is 0.600. The Bertz CT molecular complexity index is 396. The third kappa shape index (κ3) is 4.00. The van der Waals surface area contributed by atoms with Crippen LogP contribution in [0, 0.1) is 5.82 Å². The van der Waals surface area contributed by atoms with Gasteiger partial charge in [0.2, 0.25) is 0 Å². The zero-order chi connectivity index (χ0) is 13.8. The highest BCUT2D eigenvalue weighted by Crippen LogP contribution is 2.19. The van der Waals surface area contributed by atoms with Crippen LogP contribution in [0.4, 0.5) is 4.39 Å². The largest absolute Gasteiger partial charge is 0.388 e. The Morgan fingerprint density at radius 3 is 2.74 bits per heavy atom. The average molecular weight is 267 g/mol. The minimum absolute atomic E-state index is 0.249. The maximum atomic E-state index is 12.8. The summed E-state index contributed by atoms with van der Waals surface area (Å²) in [4.78, 5) is 2.33. The third-order valence-electron chi connectivity index (χ3n) is 3.68. The lowest BCUT2D eigenvalue weighted by Gasteiger charge is -2.37. The van der Waals surface area contributed by atoms with Gasteiger partial charge in [0.1, 0.15) is 5.82 Å². The van der Waals surface area contributed by atoms with Gasteiger partial charge in [0.15, 0.2) is 0 Å². The maximum Gasteiger partial charge on any atom is 0.123 e. The molecule has 1 saturated heterocycles. The Labute approximate surface area is 114 Å². The standard InChI is InChI=1S/C15H22FNO2/c1-11-10-19-12(2)9-17(11)8-7-15(18)13-3-5-14(16)6-4-13/h3-6,11-12,15,18H,7-10H2,1-2H3. The zero-order valence-corrected chi connectivity index (χ0v) is 11.6. The van der Waals surface area contributed by atoms with Crippen LogP contribution in [0.3, 0.4) is 0 Å². The van der Waals surface area contributed by atoms with Crippen molar-refractivity contribution in [3.8, 4) is 0 Å². The second-order valence-electron chi connectivity index (χ2n) is 5.34. The summed E-state index contributed by atoms with van der Waals surface area (Å²) in [6, 6.07) is 6.45. The monoisotopic (exact) mass is 267 g/mol. The van der Waals surface area contributed by atoms with Gasteiger partial charge >= 0.3 is 0 Å². The summed E-state index contributed by atoms with van der Waals surface area (Å²) in [7, 11) is 0. The van der Waals surface area contributed by atoms with Gasteiger partial charge in [-0.15, -0.1) is 0 Å². The number of hydrogen-bond donors (Lipinski definition) is 1. The van der Waals surface area contributed by atoms with E-state index >= 15 is 0 Å². The predicted molar refractivity (Wildman–Crippen MR) is 72.4 cm³/mol. The zero-order valence-electron chi connectivity index (χ0n) is 11.6. The lowest BCUT2D eigenvalue weighted by atomic mass is 10.1. The first-order valence-electron chi connectivity index (χ1n) is 6.85. The molecule has 0 spiro atoms. The molecule has 2 rings (SSSR count). The van der Waals surface area contributed by atoms with Crippen molar-refractivity contribution in [3.63, 3.8) is 0 Å².